The summed E-state index contributed by atoms with van der Waals surface area (Å²) in [6.07, 6.45) is 0. The summed E-state index contributed by atoms with van der Waals surface area (Å²) in [7, 11) is 0. The van der Waals surface area contributed by atoms with Gasteiger partial charge in [0.25, 0.3) is 0 Å². The number of ether oxygens (including phenoxy) is 1. The van der Waals surface area contributed by atoms with Crippen molar-refractivity contribution in [2.75, 3.05) is 0 Å². The van der Waals surface area contributed by atoms with E-state index in [-0.39, 0.29) is 0 Å². The molecule has 0 fully saturated rings. The summed E-state index contributed by atoms with van der Waals surface area (Å²) in [6, 6.07) is 0.384. The number of hydrogen-bond donors (Lipinski definition) is 1. The number of halogens is 3. The summed E-state index contributed by atoms with van der Waals surface area (Å²) in [6.45, 7) is 0.947. The minimum atomic E-state index is -1.79. The highest BCUT2D eigenvalue weighted by atomic mass is 19.2. The summed E-state index contributed by atoms with van der Waals surface area (Å²) >= 11 is 0. The van der Waals surface area contributed by atoms with E-state index in [0.717, 1.165) is 6.92 Å². The van der Waals surface area contributed by atoms with Gasteiger partial charge < -0.3 is 9.84 Å². The van der Waals surface area contributed by atoms with Crippen molar-refractivity contribution in [1.29, 1.82) is 0 Å². The van der Waals surface area contributed by atoms with Gasteiger partial charge in [-0.3, -0.25) is 4.79 Å². The third-order valence-corrected chi connectivity index (χ3v) is 1.35. The molecule has 0 radical (unpaired) electrons. The van der Waals surface area contributed by atoms with Crippen molar-refractivity contribution < 1.29 is 27.8 Å². The lowest BCUT2D eigenvalue weighted by atomic mass is 10.3. The fourth-order valence-corrected chi connectivity index (χ4v) is 0.793. The minimum absolute atomic E-state index is 0.384. The maximum absolute atomic E-state index is 12.8. The van der Waals surface area contributed by atoms with E-state index >= 15 is 0 Å². The first-order valence-corrected chi connectivity index (χ1v) is 3.48. The first kappa shape index (κ1) is 10.4. The largest absolute Gasteiger partial charge is 0.503 e. The van der Waals surface area contributed by atoms with Crippen LogP contribution in [0.1, 0.15) is 6.92 Å². The van der Waals surface area contributed by atoms with Crippen LogP contribution in [0, 0.1) is 17.5 Å². The lowest BCUT2D eigenvalue weighted by Gasteiger charge is -2.05. The number of aromatic hydroxyl groups is 1. The number of benzene rings is 1. The first-order valence-electron chi connectivity index (χ1n) is 3.48. The van der Waals surface area contributed by atoms with Gasteiger partial charge in [-0.15, -0.1) is 0 Å². The SMILES string of the molecule is CC(=O)Oc1cc(F)c(O)c(F)c1F. The van der Waals surface area contributed by atoms with Crippen molar-refractivity contribution >= 4 is 5.97 Å². The van der Waals surface area contributed by atoms with Crippen molar-refractivity contribution in [3.63, 3.8) is 0 Å². The molecule has 1 aromatic rings. The molecule has 0 aromatic heterocycles. The second-order valence-corrected chi connectivity index (χ2v) is 2.43. The standard InChI is InChI=1S/C8H5F3O3/c1-3(12)14-5-2-4(9)8(13)7(11)6(5)10/h2,13H,1H3. The molecule has 0 aliphatic rings. The van der Waals surface area contributed by atoms with Gasteiger partial charge in [0.1, 0.15) is 0 Å². The molecule has 0 spiro atoms. The van der Waals surface area contributed by atoms with Crippen LogP contribution < -0.4 is 4.74 Å². The topological polar surface area (TPSA) is 46.5 Å². The van der Waals surface area contributed by atoms with Crippen LogP contribution in [0.15, 0.2) is 6.07 Å². The number of hydrogen-bond acceptors (Lipinski definition) is 3. The van der Waals surface area contributed by atoms with Crippen LogP contribution in [-0.2, 0) is 4.79 Å². The maximum Gasteiger partial charge on any atom is 0.308 e. The van der Waals surface area contributed by atoms with Gasteiger partial charge in [-0.05, 0) is 0 Å². The van der Waals surface area contributed by atoms with Gasteiger partial charge in [-0.2, -0.15) is 8.78 Å². The molecule has 0 aliphatic carbocycles. The predicted molar refractivity (Wildman–Crippen MR) is 39.3 cm³/mol. The number of rotatable bonds is 1. The summed E-state index contributed by atoms with van der Waals surface area (Å²) in [5.41, 5.74) is 0. The monoisotopic (exact) mass is 206 g/mol. The van der Waals surface area contributed by atoms with Crippen molar-refractivity contribution in [2.45, 2.75) is 6.92 Å². The molecule has 0 bridgehead atoms. The molecule has 0 aliphatic heterocycles. The second kappa shape index (κ2) is 3.57. The van der Waals surface area contributed by atoms with Crippen LogP contribution in [0.3, 0.4) is 0 Å². The van der Waals surface area contributed by atoms with Crippen LogP contribution in [0.2, 0.25) is 0 Å². The van der Waals surface area contributed by atoms with Gasteiger partial charge in [0.2, 0.25) is 11.6 Å². The van der Waals surface area contributed by atoms with E-state index in [4.69, 9.17) is 5.11 Å². The van der Waals surface area contributed by atoms with E-state index in [1.165, 1.54) is 0 Å². The lowest BCUT2D eigenvalue weighted by Crippen LogP contribution is -2.05. The molecule has 14 heavy (non-hydrogen) atoms. The smallest absolute Gasteiger partial charge is 0.308 e. The normalized spacial score (nSPS) is 10.0. The molecule has 0 saturated carbocycles. The van der Waals surface area contributed by atoms with Crippen LogP contribution in [-0.4, -0.2) is 11.1 Å². The Kier molecular flexibility index (Phi) is 2.64. The van der Waals surface area contributed by atoms with Gasteiger partial charge in [0.15, 0.2) is 17.3 Å². The molecule has 1 N–H and O–H groups in total. The molecule has 6 heteroatoms. The highest BCUT2D eigenvalue weighted by Gasteiger charge is 2.19. The Labute approximate surface area is 76.7 Å². The fourth-order valence-electron chi connectivity index (χ4n) is 0.793. The molecule has 76 valence electrons. The third kappa shape index (κ3) is 1.78. The zero-order valence-electron chi connectivity index (χ0n) is 6.97. The van der Waals surface area contributed by atoms with E-state index in [1.807, 2.05) is 0 Å². The zero-order valence-corrected chi connectivity index (χ0v) is 6.97. The van der Waals surface area contributed by atoms with Crippen LogP contribution in [0.4, 0.5) is 13.2 Å². The van der Waals surface area contributed by atoms with E-state index in [9.17, 15) is 18.0 Å². The summed E-state index contributed by atoms with van der Waals surface area (Å²) < 4.78 is 42.2. The zero-order chi connectivity index (χ0) is 10.9. The third-order valence-electron chi connectivity index (χ3n) is 1.35. The van der Waals surface area contributed by atoms with E-state index in [1.54, 1.807) is 0 Å². The number of phenolic OH excluding ortho intramolecular Hbond substituents is 1. The molecular formula is C8H5F3O3. The minimum Gasteiger partial charge on any atom is -0.503 e. The van der Waals surface area contributed by atoms with Crippen molar-refractivity contribution in [2.24, 2.45) is 0 Å². The lowest BCUT2D eigenvalue weighted by molar-refractivity contribution is -0.132. The average Bonchev–Trinajstić information content (AvgIpc) is 2.10. The number of carbonyl (C=O) groups is 1. The van der Waals surface area contributed by atoms with Crippen LogP contribution in [0.25, 0.3) is 0 Å². The van der Waals surface area contributed by atoms with Crippen molar-refractivity contribution in [1.82, 2.24) is 0 Å². The summed E-state index contributed by atoms with van der Waals surface area (Å²) in [5.74, 6) is -8.07. The Bertz CT molecular complexity index is 390. The van der Waals surface area contributed by atoms with Crippen LogP contribution >= 0.6 is 0 Å². The molecule has 0 heterocycles. The molecule has 1 aromatic carbocycles. The van der Waals surface area contributed by atoms with Crippen molar-refractivity contribution in [3.05, 3.63) is 23.5 Å². The van der Waals surface area contributed by atoms with Gasteiger partial charge in [-0.1, -0.05) is 0 Å². The average molecular weight is 206 g/mol. The number of carbonyl (C=O) groups excluding carboxylic acids is 1. The molecular weight excluding hydrogens is 201 g/mol. The second-order valence-electron chi connectivity index (χ2n) is 2.43. The summed E-state index contributed by atoms with van der Waals surface area (Å²) in [5, 5.41) is 8.62. The van der Waals surface area contributed by atoms with Gasteiger partial charge in [0, 0.05) is 13.0 Å². The van der Waals surface area contributed by atoms with E-state index in [2.05, 4.69) is 4.74 Å². The summed E-state index contributed by atoms with van der Waals surface area (Å²) in [4.78, 5) is 10.4. The fraction of sp³-hybridized carbons (Fsp3) is 0.125. The molecule has 0 unspecified atom stereocenters. The predicted octanol–water partition coefficient (Wildman–Crippen LogP) is 1.73. The van der Waals surface area contributed by atoms with Gasteiger partial charge in [0.05, 0.1) is 0 Å². The van der Waals surface area contributed by atoms with Crippen LogP contribution in [0.5, 0.6) is 11.5 Å². The van der Waals surface area contributed by atoms with Gasteiger partial charge in [-0.25, -0.2) is 4.39 Å². The van der Waals surface area contributed by atoms with Crippen molar-refractivity contribution in [3.8, 4) is 11.5 Å². The Balaban J connectivity index is 3.25. The maximum atomic E-state index is 12.8. The Hall–Kier alpha value is -1.72. The highest BCUT2D eigenvalue weighted by molar-refractivity contribution is 5.69. The Morgan fingerprint density at radius 1 is 1.36 bits per heavy atom. The molecule has 0 atom stereocenters. The molecule has 0 amide bonds. The Morgan fingerprint density at radius 3 is 2.43 bits per heavy atom. The van der Waals surface area contributed by atoms with E-state index < -0.39 is 34.9 Å². The molecule has 3 nitrogen and oxygen atoms in total. The molecule has 1 rings (SSSR count). The quantitative estimate of drug-likeness (QED) is 0.432. The number of phenols is 1. The highest BCUT2D eigenvalue weighted by Crippen LogP contribution is 2.29. The van der Waals surface area contributed by atoms with Gasteiger partial charge >= 0.3 is 5.97 Å². The number of esters is 1. The first-order chi connectivity index (χ1) is 6.43. The molecule has 0 saturated heterocycles. The van der Waals surface area contributed by atoms with E-state index in [0.29, 0.717) is 6.07 Å². The Morgan fingerprint density at radius 2 is 1.93 bits per heavy atom.